The number of rotatable bonds is 6. The van der Waals surface area contributed by atoms with Crippen LogP contribution < -0.4 is 5.73 Å². The van der Waals surface area contributed by atoms with E-state index in [1.807, 2.05) is 0 Å². The van der Waals surface area contributed by atoms with Crippen LogP contribution in [0.25, 0.3) is 0 Å². The van der Waals surface area contributed by atoms with E-state index in [9.17, 15) is 9.90 Å². The molecule has 1 atom stereocenters. The first-order valence-electron chi connectivity index (χ1n) is 5.11. The van der Waals surface area contributed by atoms with Crippen LogP contribution in [0.2, 0.25) is 0 Å². The van der Waals surface area contributed by atoms with Crippen molar-refractivity contribution in [1.29, 1.82) is 0 Å². The smallest absolute Gasteiger partial charge is 0.308 e. The molecule has 1 aliphatic carbocycles. The van der Waals surface area contributed by atoms with Crippen LogP contribution in [0.4, 0.5) is 0 Å². The average molecular weight is 201 g/mol. The lowest BCUT2D eigenvalue weighted by molar-refractivity contribution is -0.148. The number of ether oxygens (including phenoxy) is 1. The van der Waals surface area contributed by atoms with Gasteiger partial charge in [-0.25, -0.2) is 0 Å². The molecule has 0 radical (unpaired) electrons. The topological polar surface area (TPSA) is 72.5 Å². The Morgan fingerprint density at radius 2 is 2.29 bits per heavy atom. The molecular formula is C10H19NO3. The summed E-state index contributed by atoms with van der Waals surface area (Å²) in [5.41, 5.74) is 4.16. The predicted octanol–water partition coefficient (Wildman–Crippen LogP) is 0.429. The van der Waals surface area contributed by atoms with Crippen molar-refractivity contribution in [3.05, 3.63) is 0 Å². The van der Waals surface area contributed by atoms with Gasteiger partial charge in [0.2, 0.25) is 0 Å². The fraction of sp³-hybridized carbons (Fsp3) is 0.900. The highest BCUT2D eigenvalue weighted by Crippen LogP contribution is 2.32. The third-order valence-corrected chi connectivity index (χ3v) is 2.45. The Hall–Kier alpha value is -0.610. The molecule has 1 aliphatic rings. The van der Waals surface area contributed by atoms with Crippen LogP contribution in [-0.2, 0) is 9.53 Å². The molecule has 82 valence electrons. The molecule has 0 aromatic rings. The molecule has 0 aromatic carbocycles. The van der Waals surface area contributed by atoms with Crippen molar-refractivity contribution < 1.29 is 14.6 Å². The summed E-state index contributed by atoms with van der Waals surface area (Å²) in [7, 11) is 0. The van der Waals surface area contributed by atoms with Gasteiger partial charge < -0.3 is 15.6 Å². The Morgan fingerprint density at radius 3 is 2.79 bits per heavy atom. The van der Waals surface area contributed by atoms with Gasteiger partial charge in [-0.3, -0.25) is 4.79 Å². The highest BCUT2D eigenvalue weighted by atomic mass is 16.5. The van der Waals surface area contributed by atoms with Crippen LogP contribution in [0.15, 0.2) is 0 Å². The van der Waals surface area contributed by atoms with Gasteiger partial charge in [-0.15, -0.1) is 0 Å². The maximum absolute atomic E-state index is 11.2. The second-order valence-electron chi connectivity index (χ2n) is 4.33. The Morgan fingerprint density at radius 1 is 1.64 bits per heavy atom. The zero-order chi connectivity index (χ0) is 10.6. The van der Waals surface area contributed by atoms with E-state index < -0.39 is 5.60 Å². The summed E-state index contributed by atoms with van der Waals surface area (Å²) in [6, 6.07) is 0. The number of nitrogens with two attached hydrogens (primary N) is 1. The molecule has 1 saturated carbocycles. The zero-order valence-electron chi connectivity index (χ0n) is 8.66. The normalized spacial score (nSPS) is 20.2. The average Bonchev–Trinajstić information content (AvgIpc) is 2.87. The molecule has 0 bridgehead atoms. The number of carbonyl (C=O) groups is 1. The molecular weight excluding hydrogens is 182 g/mol. The fourth-order valence-corrected chi connectivity index (χ4v) is 1.18. The highest BCUT2D eigenvalue weighted by Gasteiger charge is 2.25. The zero-order valence-corrected chi connectivity index (χ0v) is 8.66. The van der Waals surface area contributed by atoms with Gasteiger partial charge >= 0.3 is 5.97 Å². The van der Waals surface area contributed by atoms with E-state index in [2.05, 4.69) is 0 Å². The fourth-order valence-electron chi connectivity index (χ4n) is 1.18. The number of esters is 1. The monoisotopic (exact) mass is 201 g/mol. The van der Waals surface area contributed by atoms with E-state index in [4.69, 9.17) is 10.5 Å². The Bertz CT molecular complexity index is 200. The number of hydrogen-bond donors (Lipinski definition) is 2. The maximum atomic E-state index is 11.2. The van der Waals surface area contributed by atoms with E-state index >= 15 is 0 Å². The number of hydrogen-bond acceptors (Lipinski definition) is 4. The van der Waals surface area contributed by atoms with Gasteiger partial charge in [0.15, 0.2) is 0 Å². The molecule has 3 N–H and O–H groups in total. The van der Waals surface area contributed by atoms with Crippen molar-refractivity contribution in [3.63, 3.8) is 0 Å². The standard InChI is InChI=1S/C10H19NO3/c1-10(13,7-11)6-9(12)14-5-4-8-2-3-8/h8,13H,2-7,11H2,1H3. The van der Waals surface area contributed by atoms with Gasteiger partial charge in [-0.05, 0) is 19.3 Å². The summed E-state index contributed by atoms with van der Waals surface area (Å²) >= 11 is 0. The Kier molecular flexibility index (Phi) is 3.89. The lowest BCUT2D eigenvalue weighted by Gasteiger charge is -2.19. The summed E-state index contributed by atoms with van der Waals surface area (Å²) in [4.78, 5) is 11.2. The quantitative estimate of drug-likeness (QED) is 0.611. The Labute approximate surface area is 84.4 Å². The van der Waals surface area contributed by atoms with Crippen LogP contribution in [0.5, 0.6) is 0 Å². The first-order chi connectivity index (χ1) is 6.53. The van der Waals surface area contributed by atoms with Gasteiger partial charge in [-0.1, -0.05) is 12.8 Å². The van der Waals surface area contributed by atoms with Crippen LogP contribution in [0.1, 0.15) is 32.6 Å². The van der Waals surface area contributed by atoms with E-state index in [-0.39, 0.29) is 18.9 Å². The molecule has 0 spiro atoms. The Balaban J connectivity index is 2.07. The van der Waals surface area contributed by atoms with Gasteiger partial charge in [0, 0.05) is 6.54 Å². The lowest BCUT2D eigenvalue weighted by Crippen LogP contribution is -2.37. The van der Waals surface area contributed by atoms with Crippen molar-refractivity contribution in [1.82, 2.24) is 0 Å². The van der Waals surface area contributed by atoms with Gasteiger partial charge in [0.25, 0.3) is 0 Å². The van der Waals surface area contributed by atoms with Crippen LogP contribution in [-0.4, -0.2) is 29.8 Å². The summed E-state index contributed by atoms with van der Waals surface area (Å²) in [5, 5.41) is 9.49. The van der Waals surface area contributed by atoms with Gasteiger partial charge in [-0.2, -0.15) is 0 Å². The lowest BCUT2D eigenvalue weighted by atomic mass is 10.0. The summed E-state index contributed by atoms with van der Waals surface area (Å²) in [6.07, 6.45) is 3.46. The van der Waals surface area contributed by atoms with E-state index in [1.165, 1.54) is 19.8 Å². The van der Waals surface area contributed by atoms with Crippen LogP contribution in [0.3, 0.4) is 0 Å². The SMILES string of the molecule is CC(O)(CN)CC(=O)OCCC1CC1. The minimum absolute atomic E-state index is 0.0197. The third kappa shape index (κ3) is 4.58. The second kappa shape index (κ2) is 4.75. The summed E-state index contributed by atoms with van der Waals surface area (Å²) in [6.45, 7) is 2.09. The molecule has 14 heavy (non-hydrogen) atoms. The first-order valence-corrected chi connectivity index (χ1v) is 5.11. The molecule has 0 heterocycles. The molecule has 1 unspecified atom stereocenters. The molecule has 0 amide bonds. The summed E-state index contributed by atoms with van der Waals surface area (Å²) < 4.78 is 4.98. The second-order valence-corrected chi connectivity index (χ2v) is 4.33. The van der Waals surface area contributed by atoms with Crippen molar-refractivity contribution in [2.75, 3.05) is 13.2 Å². The van der Waals surface area contributed by atoms with Crippen molar-refractivity contribution in [3.8, 4) is 0 Å². The number of aliphatic hydroxyl groups is 1. The largest absolute Gasteiger partial charge is 0.466 e. The molecule has 1 rings (SSSR count). The van der Waals surface area contributed by atoms with E-state index in [1.54, 1.807) is 0 Å². The highest BCUT2D eigenvalue weighted by molar-refractivity contribution is 5.70. The number of carbonyl (C=O) groups excluding carboxylic acids is 1. The van der Waals surface area contributed by atoms with Crippen molar-refractivity contribution in [2.45, 2.75) is 38.2 Å². The van der Waals surface area contributed by atoms with Gasteiger partial charge in [0.1, 0.15) is 0 Å². The molecule has 0 aliphatic heterocycles. The van der Waals surface area contributed by atoms with E-state index in [0.717, 1.165) is 12.3 Å². The van der Waals surface area contributed by atoms with Crippen LogP contribution >= 0.6 is 0 Å². The third-order valence-electron chi connectivity index (χ3n) is 2.45. The predicted molar refractivity (Wildman–Crippen MR) is 52.6 cm³/mol. The minimum atomic E-state index is -1.13. The molecule has 0 aromatic heterocycles. The molecule has 0 saturated heterocycles. The first kappa shape index (κ1) is 11.5. The van der Waals surface area contributed by atoms with Crippen molar-refractivity contribution >= 4 is 5.97 Å². The van der Waals surface area contributed by atoms with Crippen molar-refractivity contribution in [2.24, 2.45) is 11.7 Å². The maximum Gasteiger partial charge on any atom is 0.308 e. The van der Waals surface area contributed by atoms with Gasteiger partial charge in [0.05, 0.1) is 18.6 Å². The summed E-state index contributed by atoms with van der Waals surface area (Å²) in [5.74, 6) is 0.402. The minimum Gasteiger partial charge on any atom is -0.466 e. The van der Waals surface area contributed by atoms with E-state index in [0.29, 0.717) is 6.61 Å². The molecule has 4 heteroatoms. The molecule has 4 nitrogen and oxygen atoms in total. The van der Waals surface area contributed by atoms with Crippen LogP contribution in [0, 0.1) is 5.92 Å². The molecule has 1 fully saturated rings.